The van der Waals surface area contributed by atoms with Crippen LogP contribution >= 0.6 is 11.6 Å². The Morgan fingerprint density at radius 1 is 1.09 bits per heavy atom. The van der Waals surface area contributed by atoms with Crippen molar-refractivity contribution in [2.24, 2.45) is 4.99 Å². The molecule has 0 bridgehead atoms. The Balaban J connectivity index is 1.79. The maximum Gasteiger partial charge on any atom is 0.342 e. The van der Waals surface area contributed by atoms with E-state index in [4.69, 9.17) is 21.1 Å². The van der Waals surface area contributed by atoms with Crippen LogP contribution in [0.3, 0.4) is 0 Å². The Labute approximate surface area is 204 Å². The second-order valence-electron chi connectivity index (χ2n) is 8.20. The number of phenols is 2. The number of carbonyl (C=O) groups is 2. The minimum Gasteiger partial charge on any atom is -0.507 e. The van der Waals surface area contributed by atoms with Gasteiger partial charge >= 0.3 is 5.97 Å². The van der Waals surface area contributed by atoms with Crippen LogP contribution in [-0.2, 0) is 20.7 Å². The minimum absolute atomic E-state index is 0.0542. The first-order chi connectivity index (χ1) is 16.5. The monoisotopic (exact) mass is 490 g/mol. The summed E-state index contributed by atoms with van der Waals surface area (Å²) in [6, 6.07) is 1.02. The predicted octanol–water partition coefficient (Wildman–Crippen LogP) is 4.17. The lowest BCUT2D eigenvalue weighted by Gasteiger charge is -2.26. The molecule has 1 aromatic rings. The van der Waals surface area contributed by atoms with Crippen LogP contribution in [-0.4, -0.2) is 65.7 Å². The lowest BCUT2D eigenvalue weighted by Crippen LogP contribution is -2.38. The zero-order chi connectivity index (χ0) is 24.3. The average molecular weight is 491 g/mol. The number of likely N-dealkylation sites (tertiary alicyclic amines) is 1. The molecule has 0 aromatic heterocycles. The summed E-state index contributed by atoms with van der Waals surface area (Å²) in [6.45, 7) is 1.55. The number of aromatic hydroxyl groups is 2. The molecule has 0 saturated carbocycles. The topological polar surface area (TPSA) is 109 Å². The Bertz CT molecular complexity index is 967. The second-order valence-corrected chi connectivity index (χ2v) is 8.58. The Hall–Kier alpha value is -2.84. The first-order valence-electron chi connectivity index (χ1n) is 11.6. The van der Waals surface area contributed by atoms with Crippen LogP contribution in [0.4, 0.5) is 0 Å². The van der Waals surface area contributed by atoms with Gasteiger partial charge in [-0.3, -0.25) is 9.79 Å². The van der Waals surface area contributed by atoms with Gasteiger partial charge in [0.25, 0.3) is 0 Å². The molecule has 0 aliphatic carbocycles. The van der Waals surface area contributed by atoms with Crippen molar-refractivity contribution in [2.45, 2.75) is 44.9 Å². The van der Waals surface area contributed by atoms with E-state index in [0.29, 0.717) is 12.1 Å². The van der Waals surface area contributed by atoms with Gasteiger partial charge in [0.05, 0.1) is 11.6 Å². The maximum atomic E-state index is 12.7. The van der Waals surface area contributed by atoms with Crippen LogP contribution < -0.4 is 0 Å². The van der Waals surface area contributed by atoms with Crippen molar-refractivity contribution in [3.8, 4) is 11.5 Å². The second kappa shape index (κ2) is 13.2. The quantitative estimate of drug-likeness (QED) is 0.372. The van der Waals surface area contributed by atoms with Gasteiger partial charge < -0.3 is 24.6 Å². The van der Waals surface area contributed by atoms with Crippen molar-refractivity contribution >= 4 is 29.2 Å². The van der Waals surface area contributed by atoms with Crippen LogP contribution in [0.25, 0.3) is 0 Å². The number of ether oxygens (including phenoxy) is 2. The number of rotatable bonds is 4. The predicted molar refractivity (Wildman–Crippen MR) is 130 cm³/mol. The van der Waals surface area contributed by atoms with Gasteiger partial charge in [0.15, 0.2) is 0 Å². The van der Waals surface area contributed by atoms with E-state index in [2.05, 4.69) is 4.99 Å². The van der Waals surface area contributed by atoms with Crippen molar-refractivity contribution in [2.75, 3.05) is 33.0 Å². The molecule has 9 heteroatoms. The normalized spacial score (nSPS) is 20.8. The molecule has 184 valence electrons. The van der Waals surface area contributed by atoms with Crippen molar-refractivity contribution in [3.63, 3.8) is 0 Å². The number of esters is 1. The molecule has 0 unspecified atom stereocenters. The molecule has 34 heavy (non-hydrogen) atoms. The van der Waals surface area contributed by atoms with Crippen molar-refractivity contribution in [3.05, 3.63) is 46.5 Å². The van der Waals surface area contributed by atoms with Gasteiger partial charge in [-0.25, -0.2) is 4.79 Å². The van der Waals surface area contributed by atoms with Gasteiger partial charge in [0, 0.05) is 31.3 Å². The zero-order valence-corrected chi connectivity index (χ0v) is 19.9. The van der Waals surface area contributed by atoms with Crippen LogP contribution in [0, 0.1) is 0 Å². The van der Waals surface area contributed by atoms with E-state index in [-0.39, 0.29) is 54.2 Å². The van der Waals surface area contributed by atoms with Gasteiger partial charge in [0.1, 0.15) is 30.4 Å². The van der Waals surface area contributed by atoms with Gasteiger partial charge in [-0.2, -0.15) is 0 Å². The van der Waals surface area contributed by atoms with Crippen molar-refractivity contribution in [1.82, 2.24) is 4.90 Å². The average Bonchev–Trinajstić information content (AvgIpc) is 2.83. The summed E-state index contributed by atoms with van der Waals surface area (Å²) in [4.78, 5) is 31.2. The van der Waals surface area contributed by atoms with Gasteiger partial charge in [-0.15, -0.1) is 0 Å². The van der Waals surface area contributed by atoms with E-state index >= 15 is 0 Å². The fourth-order valence-corrected chi connectivity index (χ4v) is 4.08. The number of piperidine rings is 1. The summed E-state index contributed by atoms with van der Waals surface area (Å²) in [5.74, 6) is -1.55. The molecule has 3 rings (SSSR count). The summed E-state index contributed by atoms with van der Waals surface area (Å²) in [5, 5.41) is 20.4. The lowest BCUT2D eigenvalue weighted by atomic mass is 9.99. The van der Waals surface area contributed by atoms with E-state index in [1.54, 1.807) is 11.0 Å². The molecule has 1 fully saturated rings. The molecule has 1 aromatic carbocycles. The summed E-state index contributed by atoms with van der Waals surface area (Å²) in [7, 11) is 0. The molecule has 1 saturated heterocycles. The number of amides is 1. The number of nitrogens with zero attached hydrogens (tertiary/aromatic N) is 2. The number of carbonyl (C=O) groups excluding carboxylic acids is 2. The molecule has 2 aliphatic heterocycles. The number of hydrogen-bond donors (Lipinski definition) is 2. The fraction of sp³-hybridized carbons (Fsp3) is 0.480. The van der Waals surface area contributed by atoms with E-state index in [1.807, 2.05) is 18.2 Å². The first kappa shape index (κ1) is 25.8. The molecular formula is C25H31ClN2O6. The zero-order valence-electron chi connectivity index (χ0n) is 19.2. The molecule has 2 aliphatic rings. The van der Waals surface area contributed by atoms with Crippen LogP contribution in [0.15, 0.2) is 35.4 Å². The largest absolute Gasteiger partial charge is 0.507 e. The third kappa shape index (κ3) is 7.33. The third-order valence-corrected chi connectivity index (χ3v) is 6.09. The summed E-state index contributed by atoms with van der Waals surface area (Å²) < 4.78 is 10.8. The Morgan fingerprint density at radius 2 is 1.82 bits per heavy atom. The highest BCUT2D eigenvalue weighted by molar-refractivity contribution is 6.33. The molecule has 0 atom stereocenters. The van der Waals surface area contributed by atoms with Crippen LogP contribution in [0.2, 0.25) is 5.02 Å². The summed E-state index contributed by atoms with van der Waals surface area (Å²) >= 11 is 6.31. The smallest absolute Gasteiger partial charge is 0.342 e. The molecule has 1 amide bonds. The highest BCUT2D eigenvalue weighted by Gasteiger charge is 2.24. The lowest BCUT2D eigenvalue weighted by molar-refractivity contribution is -0.136. The molecule has 0 radical (unpaired) electrons. The number of phenolic OH excluding ortho intramolecular Hbond substituents is 2. The van der Waals surface area contributed by atoms with Gasteiger partial charge in [-0.05, 0) is 50.2 Å². The van der Waals surface area contributed by atoms with E-state index in [9.17, 15) is 19.8 Å². The first-order valence-corrected chi connectivity index (χ1v) is 12.0. The number of benzene rings is 1. The van der Waals surface area contributed by atoms with Crippen molar-refractivity contribution in [1.29, 1.82) is 0 Å². The molecule has 0 spiro atoms. The fourth-order valence-electron chi connectivity index (χ4n) is 3.86. The standard InChI is InChI=1S/C25H31ClN2O6/c26-24-19-14-18(27-17-33-16-22(31)28-11-7-5-8-12-28)10-6-3-1-2-4-9-13-34-25(32)23(19)20(29)15-21(24)30/h2,4,6,10,15,29-30H,1,3,5,7-9,11-14,16-17H2/b4-2+,10-6+,27-18-. The Kier molecular flexibility index (Phi) is 9.97. The maximum absolute atomic E-state index is 12.7. The Morgan fingerprint density at radius 3 is 2.62 bits per heavy atom. The highest BCUT2D eigenvalue weighted by atomic mass is 35.5. The molecule has 8 nitrogen and oxygen atoms in total. The third-order valence-electron chi connectivity index (χ3n) is 5.67. The number of fused-ring (bicyclic) bond motifs is 1. The highest BCUT2D eigenvalue weighted by Crippen LogP contribution is 2.37. The number of aliphatic imine (C=N–C) groups is 1. The van der Waals surface area contributed by atoms with E-state index < -0.39 is 11.7 Å². The van der Waals surface area contributed by atoms with Crippen LogP contribution in [0.5, 0.6) is 11.5 Å². The molecule has 2 heterocycles. The number of hydrogen-bond acceptors (Lipinski definition) is 7. The van der Waals surface area contributed by atoms with Crippen molar-refractivity contribution < 1.29 is 29.3 Å². The van der Waals surface area contributed by atoms with E-state index in [1.165, 1.54) is 0 Å². The number of cyclic esters (lactones) is 1. The number of halogens is 1. The summed E-state index contributed by atoms with van der Waals surface area (Å²) in [5.41, 5.74) is 0.628. The van der Waals surface area contributed by atoms with Crippen LogP contribution in [0.1, 0.15) is 54.4 Å². The minimum atomic E-state index is -0.730. The molecular weight excluding hydrogens is 460 g/mol. The summed E-state index contributed by atoms with van der Waals surface area (Å²) in [6.07, 6.45) is 13.0. The number of allylic oxidation sites excluding steroid dienone is 3. The molecule has 2 N–H and O–H groups in total. The van der Waals surface area contributed by atoms with E-state index in [0.717, 1.165) is 51.3 Å². The van der Waals surface area contributed by atoms with Gasteiger partial charge in [-0.1, -0.05) is 29.8 Å². The van der Waals surface area contributed by atoms with Gasteiger partial charge in [0.2, 0.25) is 5.91 Å². The SMILES string of the molecule is O=C1OCC/C=C/CC/C=C/C(=N/COCC(=O)N2CCCCC2)Cc2c(Cl)c(O)cc(O)c21.